The summed E-state index contributed by atoms with van der Waals surface area (Å²) in [7, 11) is 0. The molecule has 1 N–H and O–H groups in total. The number of imide groups is 1. The second-order valence-corrected chi connectivity index (χ2v) is 7.63. The number of anilines is 1. The summed E-state index contributed by atoms with van der Waals surface area (Å²) >= 11 is 0. The van der Waals surface area contributed by atoms with E-state index in [-0.39, 0.29) is 12.1 Å². The summed E-state index contributed by atoms with van der Waals surface area (Å²) in [5.41, 5.74) is -4.37. The Morgan fingerprint density at radius 2 is 1.89 bits per heavy atom. The number of aliphatic hydroxyl groups is 1. The van der Waals surface area contributed by atoms with Gasteiger partial charge in [0, 0.05) is 6.42 Å². The van der Waals surface area contributed by atoms with Gasteiger partial charge in [-0.1, -0.05) is 0 Å². The molecular weight excluding hydrogens is 365 g/mol. The van der Waals surface area contributed by atoms with E-state index in [4.69, 9.17) is 10.00 Å². The van der Waals surface area contributed by atoms with Crippen LogP contribution in [0.3, 0.4) is 0 Å². The zero-order chi connectivity index (χ0) is 19.9. The van der Waals surface area contributed by atoms with E-state index >= 15 is 0 Å². The number of halogens is 3. The van der Waals surface area contributed by atoms with Crippen molar-refractivity contribution < 1.29 is 32.6 Å². The number of nitrogens with zero attached hydrogens (tertiary/aromatic N) is 2. The van der Waals surface area contributed by atoms with Crippen LogP contribution in [0.1, 0.15) is 31.4 Å². The van der Waals surface area contributed by atoms with Crippen molar-refractivity contribution >= 4 is 17.5 Å². The Bertz CT molecular complexity index is 924. The first kappa shape index (κ1) is 17.9. The maximum absolute atomic E-state index is 13.2. The molecule has 2 amide bonds. The minimum absolute atomic E-state index is 0.165. The lowest BCUT2D eigenvalue weighted by Gasteiger charge is -2.31. The van der Waals surface area contributed by atoms with E-state index in [9.17, 15) is 27.9 Å². The molecule has 27 heavy (non-hydrogen) atoms. The highest BCUT2D eigenvalue weighted by Crippen LogP contribution is 2.61. The highest BCUT2D eigenvalue weighted by molar-refractivity contribution is 6.23. The van der Waals surface area contributed by atoms with Crippen LogP contribution in [0.25, 0.3) is 0 Å². The van der Waals surface area contributed by atoms with Crippen molar-refractivity contribution in [1.29, 1.82) is 5.26 Å². The molecule has 3 heterocycles. The number of alkyl halides is 3. The maximum atomic E-state index is 13.2. The molecule has 0 aromatic heterocycles. The zero-order valence-electron chi connectivity index (χ0n) is 14.4. The van der Waals surface area contributed by atoms with Crippen molar-refractivity contribution in [2.24, 2.45) is 11.8 Å². The van der Waals surface area contributed by atoms with Gasteiger partial charge in [0.2, 0.25) is 11.8 Å². The van der Waals surface area contributed by atoms with Crippen LogP contribution < -0.4 is 4.90 Å². The minimum atomic E-state index is -4.81. The van der Waals surface area contributed by atoms with Gasteiger partial charge in [-0.2, -0.15) is 18.4 Å². The Balaban J connectivity index is 1.81. The summed E-state index contributed by atoms with van der Waals surface area (Å²) in [6.45, 7) is 3.17. The monoisotopic (exact) mass is 380 g/mol. The lowest BCUT2D eigenvalue weighted by molar-refractivity contribution is -0.138. The van der Waals surface area contributed by atoms with Crippen LogP contribution >= 0.6 is 0 Å². The first-order chi connectivity index (χ1) is 12.4. The average molecular weight is 380 g/mol. The third-order valence-corrected chi connectivity index (χ3v) is 5.98. The van der Waals surface area contributed by atoms with E-state index in [1.165, 1.54) is 6.07 Å². The summed E-state index contributed by atoms with van der Waals surface area (Å²) in [5.74, 6) is -3.19. The van der Waals surface area contributed by atoms with Gasteiger partial charge in [0.25, 0.3) is 0 Å². The molecule has 0 saturated carbocycles. The fourth-order valence-electron chi connectivity index (χ4n) is 4.78. The number of carbonyl (C=O) groups is 2. The van der Waals surface area contributed by atoms with Crippen LogP contribution in [0.15, 0.2) is 18.2 Å². The van der Waals surface area contributed by atoms with E-state index in [0.717, 1.165) is 17.0 Å². The van der Waals surface area contributed by atoms with Crippen molar-refractivity contribution in [2.75, 3.05) is 4.90 Å². The van der Waals surface area contributed by atoms with Gasteiger partial charge in [-0.3, -0.25) is 9.59 Å². The maximum Gasteiger partial charge on any atom is 0.417 e. The quantitative estimate of drug-likeness (QED) is 0.753. The van der Waals surface area contributed by atoms with Gasteiger partial charge >= 0.3 is 6.18 Å². The largest absolute Gasteiger partial charge is 0.417 e. The number of rotatable bonds is 1. The molecule has 1 aromatic rings. The smallest absolute Gasteiger partial charge is 0.390 e. The number of aliphatic hydroxyl groups excluding tert-OH is 1. The highest BCUT2D eigenvalue weighted by atomic mass is 19.4. The molecule has 142 valence electrons. The Morgan fingerprint density at radius 1 is 1.26 bits per heavy atom. The highest BCUT2D eigenvalue weighted by Gasteiger charge is 2.75. The van der Waals surface area contributed by atoms with Crippen LogP contribution in [0.4, 0.5) is 18.9 Å². The molecule has 4 rings (SSSR count). The Morgan fingerprint density at radius 3 is 2.48 bits per heavy atom. The van der Waals surface area contributed by atoms with E-state index in [1.807, 2.05) is 0 Å². The third kappa shape index (κ3) is 2.14. The Labute approximate surface area is 152 Å². The zero-order valence-corrected chi connectivity index (χ0v) is 14.4. The number of ether oxygens (including phenoxy) is 1. The molecule has 2 bridgehead atoms. The fourth-order valence-corrected chi connectivity index (χ4v) is 4.78. The molecule has 3 fully saturated rings. The van der Waals surface area contributed by atoms with Crippen molar-refractivity contribution in [2.45, 2.75) is 43.8 Å². The number of benzene rings is 1. The molecule has 2 unspecified atom stereocenters. The SMILES string of the molecule is CC12C[C@H](O)C(C)(O1)[C@@H]1C(=O)N(c3ccc(C#N)c(C(F)(F)F)c3)C(=O)[C@@H]12. The minimum Gasteiger partial charge on any atom is -0.390 e. The lowest BCUT2D eigenvalue weighted by Crippen LogP contribution is -2.49. The predicted molar refractivity (Wildman–Crippen MR) is 84.2 cm³/mol. The molecule has 9 heteroatoms. The second kappa shape index (κ2) is 5.09. The molecule has 5 atom stereocenters. The molecule has 0 spiro atoms. The molecule has 3 aliphatic rings. The van der Waals surface area contributed by atoms with Gasteiger partial charge < -0.3 is 9.84 Å². The summed E-state index contributed by atoms with van der Waals surface area (Å²) in [4.78, 5) is 26.6. The standard InChI is InChI=1S/C18H15F3N2O4/c1-16-6-11(24)17(2,27-16)13-12(16)14(25)23(15(13)26)9-4-3-8(7-22)10(5-9)18(19,20)21/h3-5,11-13,24H,6H2,1-2H3/t11-,12+,13-,16?,17?/m0/s1. The van der Waals surface area contributed by atoms with Crippen molar-refractivity contribution in [3.8, 4) is 6.07 Å². The summed E-state index contributed by atoms with van der Waals surface area (Å²) < 4.78 is 45.6. The van der Waals surface area contributed by atoms with Crippen molar-refractivity contribution in [3.05, 3.63) is 29.3 Å². The summed E-state index contributed by atoms with van der Waals surface area (Å²) in [5, 5.41) is 19.2. The van der Waals surface area contributed by atoms with Crippen molar-refractivity contribution in [1.82, 2.24) is 0 Å². The van der Waals surface area contributed by atoms with Crippen molar-refractivity contribution in [3.63, 3.8) is 0 Å². The number of nitriles is 1. The van der Waals surface area contributed by atoms with E-state index < -0.39 is 58.3 Å². The number of amides is 2. The normalized spacial score (nSPS) is 37.7. The van der Waals surface area contributed by atoms with Crippen LogP contribution in [0.2, 0.25) is 0 Å². The molecule has 3 saturated heterocycles. The molecule has 0 radical (unpaired) electrons. The van der Waals surface area contributed by atoms with Crippen LogP contribution in [-0.2, 0) is 20.5 Å². The predicted octanol–water partition coefficient (Wildman–Crippen LogP) is 1.99. The molecule has 1 aromatic carbocycles. The molecule has 6 nitrogen and oxygen atoms in total. The number of fused-ring (bicyclic) bond motifs is 5. The topological polar surface area (TPSA) is 90.6 Å². The van der Waals surface area contributed by atoms with E-state index in [0.29, 0.717) is 6.07 Å². The van der Waals surface area contributed by atoms with E-state index in [2.05, 4.69) is 0 Å². The number of hydrogen-bond donors (Lipinski definition) is 1. The lowest BCUT2D eigenvalue weighted by atomic mass is 9.67. The van der Waals surface area contributed by atoms with Gasteiger partial charge in [0.05, 0.1) is 46.4 Å². The fraction of sp³-hybridized carbons (Fsp3) is 0.500. The van der Waals surface area contributed by atoms with Gasteiger partial charge in [0.15, 0.2) is 0 Å². The van der Waals surface area contributed by atoms with Gasteiger partial charge in [0.1, 0.15) is 5.60 Å². The first-order valence-electron chi connectivity index (χ1n) is 8.31. The van der Waals surface area contributed by atoms with Crippen LogP contribution in [-0.4, -0.2) is 34.2 Å². The van der Waals surface area contributed by atoms with Gasteiger partial charge in [-0.15, -0.1) is 0 Å². The molecule has 3 aliphatic heterocycles. The van der Waals surface area contributed by atoms with Gasteiger partial charge in [-0.25, -0.2) is 4.90 Å². The van der Waals surface area contributed by atoms with E-state index in [1.54, 1.807) is 13.8 Å². The summed E-state index contributed by atoms with van der Waals surface area (Å²) in [6, 6.07) is 4.19. The van der Waals surface area contributed by atoms with Crippen LogP contribution in [0.5, 0.6) is 0 Å². The second-order valence-electron chi connectivity index (χ2n) is 7.63. The summed E-state index contributed by atoms with van der Waals surface area (Å²) in [6.07, 6.45) is -5.59. The first-order valence-corrected chi connectivity index (χ1v) is 8.31. The average Bonchev–Trinajstić information content (AvgIpc) is 3.07. The Hall–Kier alpha value is -2.44. The van der Waals surface area contributed by atoms with Crippen LogP contribution in [0, 0.1) is 23.2 Å². The molecule has 0 aliphatic carbocycles. The van der Waals surface area contributed by atoms with Gasteiger partial charge in [-0.05, 0) is 32.0 Å². The number of carbonyl (C=O) groups excluding carboxylic acids is 2. The Kier molecular flexibility index (Phi) is 3.38. The number of hydrogen-bond acceptors (Lipinski definition) is 5. The third-order valence-electron chi connectivity index (χ3n) is 5.98. The molecular formula is C18H15F3N2O4.